The van der Waals surface area contributed by atoms with Crippen LogP contribution in [-0.2, 0) is 14.3 Å². The molecule has 8 heteroatoms. The summed E-state index contributed by atoms with van der Waals surface area (Å²) in [7, 11) is 2.42. The smallest absolute Gasteiger partial charge is 0.338 e. The van der Waals surface area contributed by atoms with Crippen molar-refractivity contribution in [3.05, 3.63) is 50.8 Å². The highest BCUT2D eigenvalue weighted by Crippen LogP contribution is 2.40. The molecule has 1 aliphatic heterocycles. The monoisotopic (exact) mass is 321 g/mol. The summed E-state index contributed by atoms with van der Waals surface area (Å²) < 4.78 is 14.9. The van der Waals surface area contributed by atoms with E-state index in [1.165, 1.54) is 39.3 Å². The lowest BCUT2D eigenvalue weighted by molar-refractivity contribution is -0.482. The van der Waals surface area contributed by atoms with E-state index in [9.17, 15) is 19.7 Å². The number of nitro groups is 1. The van der Waals surface area contributed by atoms with E-state index in [1.807, 2.05) is 0 Å². The minimum atomic E-state index is -0.870. The topological polar surface area (TPSA) is 105 Å². The first kappa shape index (κ1) is 16.5. The lowest BCUT2D eigenvalue weighted by atomic mass is 9.86. The van der Waals surface area contributed by atoms with E-state index in [1.54, 1.807) is 0 Å². The van der Waals surface area contributed by atoms with Crippen LogP contribution in [0.3, 0.4) is 0 Å². The van der Waals surface area contributed by atoms with Gasteiger partial charge in [-0.25, -0.2) is 9.59 Å². The van der Waals surface area contributed by atoms with Crippen molar-refractivity contribution in [1.29, 1.82) is 0 Å². The fraction of sp³-hybridized carbons (Fsp3) is 0.333. The Balaban J connectivity index is 2.58. The number of methoxy groups -OCH3 is 2. The summed E-state index contributed by atoms with van der Waals surface area (Å²) in [5.74, 6) is -1.57. The number of benzene rings is 1. The molecular formula is C15H15NO7. The van der Waals surface area contributed by atoms with Gasteiger partial charge in [0.2, 0.25) is 6.54 Å². The van der Waals surface area contributed by atoms with Gasteiger partial charge < -0.3 is 14.2 Å². The van der Waals surface area contributed by atoms with Crippen molar-refractivity contribution in [3.63, 3.8) is 0 Å². The number of allylic oxidation sites excluding steroid dienone is 1. The quantitative estimate of drug-likeness (QED) is 0.472. The standard InChI is InChI=1S/C15H15NO7/c1-8-13(15(18)22-3)11(7-16(19)20)10-6-9(14(17)21-2)4-5-12(10)23-8/h4-6,11H,7H2,1-3H3/t11-/m1/s1. The van der Waals surface area contributed by atoms with E-state index in [4.69, 9.17) is 9.47 Å². The first-order valence-corrected chi connectivity index (χ1v) is 6.70. The number of esters is 2. The van der Waals surface area contributed by atoms with Gasteiger partial charge in [-0.15, -0.1) is 0 Å². The average Bonchev–Trinajstić information content (AvgIpc) is 2.52. The molecule has 2 rings (SSSR count). The number of carbonyl (C=O) groups is 2. The molecule has 0 fully saturated rings. The maximum atomic E-state index is 12.0. The molecule has 0 N–H and O–H groups in total. The second-order valence-corrected chi connectivity index (χ2v) is 4.88. The first-order chi connectivity index (χ1) is 10.9. The van der Waals surface area contributed by atoms with Crippen LogP contribution >= 0.6 is 0 Å². The third kappa shape index (κ3) is 3.15. The molecule has 0 bridgehead atoms. The van der Waals surface area contributed by atoms with Crippen LogP contribution in [0.25, 0.3) is 0 Å². The van der Waals surface area contributed by atoms with Crippen LogP contribution in [-0.4, -0.2) is 37.6 Å². The third-order valence-electron chi connectivity index (χ3n) is 3.53. The Bertz CT molecular complexity index is 708. The van der Waals surface area contributed by atoms with Crippen LogP contribution < -0.4 is 4.74 Å². The van der Waals surface area contributed by atoms with Crippen LogP contribution in [0.2, 0.25) is 0 Å². The zero-order valence-electron chi connectivity index (χ0n) is 12.8. The third-order valence-corrected chi connectivity index (χ3v) is 3.53. The first-order valence-electron chi connectivity index (χ1n) is 6.70. The Hall–Kier alpha value is -2.90. The fourth-order valence-electron chi connectivity index (χ4n) is 2.51. The summed E-state index contributed by atoms with van der Waals surface area (Å²) in [6.07, 6.45) is 0. The fourth-order valence-corrected chi connectivity index (χ4v) is 2.51. The summed E-state index contributed by atoms with van der Waals surface area (Å²) in [6, 6.07) is 4.45. The van der Waals surface area contributed by atoms with Gasteiger partial charge in [-0.3, -0.25) is 10.1 Å². The Labute approximate surface area is 131 Å². The minimum absolute atomic E-state index is 0.0683. The number of carbonyl (C=O) groups excluding carboxylic acids is 2. The summed E-state index contributed by atoms with van der Waals surface area (Å²) in [5.41, 5.74) is 0.654. The average molecular weight is 321 g/mol. The van der Waals surface area contributed by atoms with E-state index in [-0.39, 0.29) is 16.9 Å². The lowest BCUT2D eigenvalue weighted by Crippen LogP contribution is -2.26. The lowest BCUT2D eigenvalue weighted by Gasteiger charge is -2.26. The Kier molecular flexibility index (Phi) is 4.63. The molecule has 0 saturated heterocycles. The van der Waals surface area contributed by atoms with Crippen molar-refractivity contribution in [2.75, 3.05) is 20.8 Å². The van der Waals surface area contributed by atoms with Crippen LogP contribution in [0.15, 0.2) is 29.5 Å². The molecule has 0 saturated carbocycles. The predicted octanol–water partition coefficient (Wildman–Crippen LogP) is 1.67. The molecule has 1 aliphatic rings. The van der Waals surface area contributed by atoms with Crippen molar-refractivity contribution < 1.29 is 28.7 Å². The molecule has 1 atom stereocenters. The molecule has 0 unspecified atom stereocenters. The SMILES string of the molecule is COC(=O)C1=C(C)Oc2ccc(C(=O)OC)cc2[C@H]1C[N+](=O)[O-]. The molecule has 122 valence electrons. The molecular weight excluding hydrogens is 306 g/mol. The summed E-state index contributed by atoms with van der Waals surface area (Å²) in [5, 5.41) is 11.0. The van der Waals surface area contributed by atoms with Crippen molar-refractivity contribution in [2.24, 2.45) is 0 Å². The number of fused-ring (bicyclic) bond motifs is 1. The Morgan fingerprint density at radius 1 is 1.26 bits per heavy atom. The maximum Gasteiger partial charge on any atom is 0.338 e. The van der Waals surface area contributed by atoms with Crippen molar-refractivity contribution in [1.82, 2.24) is 0 Å². The molecule has 1 heterocycles. The second kappa shape index (κ2) is 6.47. The number of hydrogen-bond acceptors (Lipinski definition) is 7. The van der Waals surface area contributed by atoms with Gasteiger partial charge >= 0.3 is 11.9 Å². The highest BCUT2D eigenvalue weighted by molar-refractivity contribution is 5.93. The predicted molar refractivity (Wildman–Crippen MR) is 77.7 cm³/mol. The summed E-state index contributed by atoms with van der Waals surface area (Å²) in [4.78, 5) is 34.1. The highest BCUT2D eigenvalue weighted by Gasteiger charge is 2.37. The molecule has 1 aromatic carbocycles. The Morgan fingerprint density at radius 3 is 2.48 bits per heavy atom. The van der Waals surface area contributed by atoms with E-state index in [2.05, 4.69) is 4.74 Å². The maximum absolute atomic E-state index is 12.0. The van der Waals surface area contributed by atoms with Crippen LogP contribution in [0.5, 0.6) is 5.75 Å². The van der Waals surface area contributed by atoms with E-state index < -0.39 is 29.3 Å². The van der Waals surface area contributed by atoms with Gasteiger partial charge in [0.15, 0.2) is 0 Å². The minimum Gasteiger partial charge on any atom is -0.466 e. The number of nitrogens with zero attached hydrogens (tertiary/aromatic N) is 1. The molecule has 0 spiro atoms. The van der Waals surface area contributed by atoms with Gasteiger partial charge in [-0.05, 0) is 25.1 Å². The van der Waals surface area contributed by atoms with Gasteiger partial charge in [0.1, 0.15) is 11.5 Å². The molecule has 0 radical (unpaired) electrons. The van der Waals surface area contributed by atoms with Crippen LogP contribution in [0.4, 0.5) is 0 Å². The molecule has 0 aromatic heterocycles. The van der Waals surface area contributed by atoms with Gasteiger partial charge in [0, 0.05) is 10.5 Å². The molecule has 0 amide bonds. The van der Waals surface area contributed by atoms with E-state index >= 15 is 0 Å². The van der Waals surface area contributed by atoms with Crippen molar-refractivity contribution in [3.8, 4) is 5.75 Å². The molecule has 1 aromatic rings. The second-order valence-electron chi connectivity index (χ2n) is 4.88. The largest absolute Gasteiger partial charge is 0.466 e. The van der Waals surface area contributed by atoms with Gasteiger partial charge in [-0.2, -0.15) is 0 Å². The molecule has 0 aliphatic carbocycles. The summed E-state index contributed by atoms with van der Waals surface area (Å²) >= 11 is 0. The molecule has 8 nitrogen and oxygen atoms in total. The van der Waals surface area contributed by atoms with E-state index in [0.29, 0.717) is 11.3 Å². The zero-order chi connectivity index (χ0) is 17.1. The Morgan fingerprint density at radius 2 is 1.91 bits per heavy atom. The van der Waals surface area contributed by atoms with Gasteiger partial charge in [0.25, 0.3) is 0 Å². The van der Waals surface area contributed by atoms with Crippen molar-refractivity contribution in [2.45, 2.75) is 12.8 Å². The van der Waals surface area contributed by atoms with Gasteiger partial charge in [-0.1, -0.05) is 0 Å². The number of ether oxygens (including phenoxy) is 3. The normalized spacial score (nSPS) is 16.2. The number of rotatable bonds is 4. The van der Waals surface area contributed by atoms with Gasteiger partial charge in [0.05, 0.1) is 31.3 Å². The number of hydrogen-bond donors (Lipinski definition) is 0. The van der Waals surface area contributed by atoms with E-state index in [0.717, 1.165) is 0 Å². The zero-order valence-corrected chi connectivity index (χ0v) is 12.8. The van der Waals surface area contributed by atoms with Crippen LogP contribution in [0, 0.1) is 10.1 Å². The highest BCUT2D eigenvalue weighted by atomic mass is 16.6. The molecule has 23 heavy (non-hydrogen) atoms. The summed E-state index contributed by atoms with van der Waals surface area (Å²) in [6.45, 7) is 1.01. The van der Waals surface area contributed by atoms with Crippen LogP contribution in [0.1, 0.15) is 28.8 Å². The van der Waals surface area contributed by atoms with Crippen molar-refractivity contribution >= 4 is 11.9 Å².